The number of halogens is 4. The van der Waals surface area contributed by atoms with Crippen molar-refractivity contribution in [3.63, 3.8) is 0 Å². The highest BCUT2D eigenvalue weighted by atomic mass is 79.9. The third-order valence-corrected chi connectivity index (χ3v) is 3.74. The van der Waals surface area contributed by atoms with Gasteiger partial charge in [-0.2, -0.15) is 23.4 Å². The van der Waals surface area contributed by atoms with Gasteiger partial charge >= 0.3 is 6.18 Å². The lowest BCUT2D eigenvalue weighted by Gasteiger charge is -2.10. The van der Waals surface area contributed by atoms with Gasteiger partial charge in [-0.3, -0.25) is 0 Å². The molecule has 1 fully saturated rings. The molecule has 0 saturated heterocycles. The number of aromatic nitrogens is 2. The molecule has 21 heavy (non-hydrogen) atoms. The summed E-state index contributed by atoms with van der Waals surface area (Å²) in [6, 6.07) is 5.81. The quantitative estimate of drug-likeness (QED) is 0.809. The molecule has 0 bridgehead atoms. The van der Waals surface area contributed by atoms with E-state index in [1.165, 1.54) is 12.1 Å². The predicted molar refractivity (Wildman–Crippen MR) is 68.9 cm³/mol. The first-order chi connectivity index (χ1) is 9.90. The molecule has 2 aromatic rings. The molecule has 3 rings (SSSR count). The Hall–Kier alpha value is -1.88. The van der Waals surface area contributed by atoms with E-state index >= 15 is 0 Å². The van der Waals surface area contributed by atoms with E-state index in [1.54, 1.807) is 0 Å². The standard InChI is InChI=1S/C13H7BrF3N3O/c14-7-1-2-8(10(4-7)13(15,16)17)11-19-12(21-20-11)9-3-6(9)5-18/h1-2,4,6,9H,3H2. The summed E-state index contributed by atoms with van der Waals surface area (Å²) in [7, 11) is 0. The van der Waals surface area contributed by atoms with Gasteiger partial charge in [0.2, 0.25) is 11.7 Å². The zero-order valence-electron chi connectivity index (χ0n) is 10.4. The summed E-state index contributed by atoms with van der Waals surface area (Å²) in [5.74, 6) is -0.257. The van der Waals surface area contributed by atoms with Gasteiger partial charge in [0.05, 0.1) is 23.5 Å². The average Bonchev–Trinajstić information content (AvgIpc) is 3.06. The van der Waals surface area contributed by atoms with Gasteiger partial charge in [-0.1, -0.05) is 21.1 Å². The first-order valence-corrected chi connectivity index (χ1v) is 6.80. The van der Waals surface area contributed by atoms with E-state index < -0.39 is 11.7 Å². The van der Waals surface area contributed by atoms with Crippen molar-refractivity contribution in [1.29, 1.82) is 5.26 Å². The number of hydrogen-bond acceptors (Lipinski definition) is 4. The fourth-order valence-corrected chi connectivity index (χ4v) is 2.41. The van der Waals surface area contributed by atoms with Crippen LogP contribution >= 0.6 is 15.9 Å². The third-order valence-electron chi connectivity index (χ3n) is 3.24. The summed E-state index contributed by atoms with van der Waals surface area (Å²) in [6.45, 7) is 0. The lowest BCUT2D eigenvalue weighted by atomic mass is 10.1. The van der Waals surface area contributed by atoms with Crippen LogP contribution in [0.25, 0.3) is 11.4 Å². The van der Waals surface area contributed by atoms with Crippen LogP contribution in [0.15, 0.2) is 27.2 Å². The molecule has 1 heterocycles. The molecule has 0 N–H and O–H groups in total. The number of hydrogen-bond donors (Lipinski definition) is 0. The van der Waals surface area contributed by atoms with Crippen LogP contribution in [-0.4, -0.2) is 10.1 Å². The van der Waals surface area contributed by atoms with Crippen LogP contribution in [0.5, 0.6) is 0 Å². The molecule has 108 valence electrons. The van der Waals surface area contributed by atoms with Crippen molar-refractivity contribution in [2.24, 2.45) is 5.92 Å². The van der Waals surface area contributed by atoms with Crippen LogP contribution in [0.3, 0.4) is 0 Å². The second kappa shape index (κ2) is 4.84. The molecular weight excluding hydrogens is 351 g/mol. The Balaban J connectivity index is 2.00. The summed E-state index contributed by atoms with van der Waals surface area (Å²) in [6.07, 6.45) is -3.92. The molecule has 1 aliphatic rings. The molecule has 0 spiro atoms. The van der Waals surface area contributed by atoms with Crippen molar-refractivity contribution < 1.29 is 17.7 Å². The van der Waals surface area contributed by atoms with E-state index in [4.69, 9.17) is 9.78 Å². The fourth-order valence-electron chi connectivity index (χ4n) is 2.05. The van der Waals surface area contributed by atoms with Crippen LogP contribution in [0, 0.1) is 17.2 Å². The lowest BCUT2D eigenvalue weighted by molar-refractivity contribution is -0.137. The van der Waals surface area contributed by atoms with Crippen LogP contribution in [-0.2, 0) is 6.18 Å². The first kappa shape index (κ1) is 14.1. The Morgan fingerprint density at radius 3 is 2.76 bits per heavy atom. The Bertz CT molecular complexity index is 735. The monoisotopic (exact) mass is 357 g/mol. The fraction of sp³-hybridized carbons (Fsp3) is 0.308. The summed E-state index contributed by atoms with van der Waals surface area (Å²) < 4.78 is 44.5. The zero-order valence-corrected chi connectivity index (χ0v) is 11.9. The van der Waals surface area contributed by atoms with Gasteiger partial charge in [-0.05, 0) is 24.6 Å². The normalized spacial score (nSPS) is 21.1. The Kier molecular flexibility index (Phi) is 3.24. The van der Waals surface area contributed by atoms with E-state index in [0.717, 1.165) is 6.07 Å². The molecule has 0 aliphatic heterocycles. The molecule has 1 aliphatic carbocycles. The number of rotatable bonds is 2. The highest BCUT2D eigenvalue weighted by Crippen LogP contribution is 2.46. The van der Waals surface area contributed by atoms with Crippen molar-refractivity contribution >= 4 is 15.9 Å². The second-order valence-corrected chi connectivity index (χ2v) is 5.64. The van der Waals surface area contributed by atoms with Gasteiger partial charge in [0.15, 0.2) is 0 Å². The lowest BCUT2D eigenvalue weighted by Crippen LogP contribution is -2.07. The molecule has 0 radical (unpaired) electrons. The Labute approximate surface area is 125 Å². The predicted octanol–water partition coefficient (Wildman–Crippen LogP) is 4.14. The first-order valence-electron chi connectivity index (χ1n) is 6.00. The van der Waals surface area contributed by atoms with E-state index in [2.05, 4.69) is 32.1 Å². The van der Waals surface area contributed by atoms with E-state index in [0.29, 0.717) is 10.9 Å². The topological polar surface area (TPSA) is 62.7 Å². The largest absolute Gasteiger partial charge is 0.417 e. The van der Waals surface area contributed by atoms with Gasteiger partial charge in [0, 0.05) is 10.0 Å². The zero-order chi connectivity index (χ0) is 15.2. The third kappa shape index (κ3) is 2.65. The van der Waals surface area contributed by atoms with Crippen LogP contribution in [0.2, 0.25) is 0 Å². The summed E-state index contributed by atoms with van der Waals surface area (Å²) in [4.78, 5) is 4.00. The maximum absolute atomic E-state index is 13.1. The number of benzene rings is 1. The summed E-state index contributed by atoms with van der Waals surface area (Å²) in [5, 5.41) is 12.4. The molecule has 2 atom stereocenters. The maximum Gasteiger partial charge on any atom is 0.417 e. The molecule has 1 aromatic heterocycles. The van der Waals surface area contributed by atoms with Crippen molar-refractivity contribution in [1.82, 2.24) is 10.1 Å². The van der Waals surface area contributed by atoms with E-state index in [1.807, 2.05) is 0 Å². The van der Waals surface area contributed by atoms with Crippen LogP contribution in [0.1, 0.15) is 23.8 Å². The SMILES string of the molecule is N#CC1CC1c1nc(-c2ccc(Br)cc2C(F)(F)F)no1. The van der Waals surface area contributed by atoms with E-state index in [9.17, 15) is 13.2 Å². The molecule has 1 saturated carbocycles. The van der Waals surface area contributed by atoms with Crippen molar-refractivity contribution in [2.45, 2.75) is 18.5 Å². The van der Waals surface area contributed by atoms with Gasteiger partial charge < -0.3 is 4.52 Å². The van der Waals surface area contributed by atoms with Gasteiger partial charge in [-0.15, -0.1) is 0 Å². The summed E-state index contributed by atoms with van der Waals surface area (Å²) >= 11 is 3.02. The van der Waals surface area contributed by atoms with E-state index in [-0.39, 0.29) is 29.1 Å². The molecule has 2 unspecified atom stereocenters. The minimum Gasteiger partial charge on any atom is -0.339 e. The maximum atomic E-state index is 13.1. The average molecular weight is 358 g/mol. The molecule has 1 aromatic carbocycles. The van der Waals surface area contributed by atoms with Gasteiger partial charge in [-0.25, -0.2) is 0 Å². The summed E-state index contributed by atoms with van der Waals surface area (Å²) in [5.41, 5.74) is -0.980. The Morgan fingerprint density at radius 1 is 1.38 bits per heavy atom. The number of nitriles is 1. The molecular formula is C13H7BrF3N3O. The molecule has 4 nitrogen and oxygen atoms in total. The van der Waals surface area contributed by atoms with Gasteiger partial charge in [0.1, 0.15) is 0 Å². The minimum atomic E-state index is -4.52. The van der Waals surface area contributed by atoms with Crippen LogP contribution in [0.4, 0.5) is 13.2 Å². The highest BCUT2D eigenvalue weighted by molar-refractivity contribution is 9.10. The van der Waals surface area contributed by atoms with Crippen molar-refractivity contribution in [3.8, 4) is 17.5 Å². The smallest absolute Gasteiger partial charge is 0.339 e. The van der Waals surface area contributed by atoms with Gasteiger partial charge in [0.25, 0.3) is 0 Å². The second-order valence-electron chi connectivity index (χ2n) is 4.72. The van der Waals surface area contributed by atoms with Crippen molar-refractivity contribution in [2.75, 3.05) is 0 Å². The Morgan fingerprint density at radius 2 is 2.14 bits per heavy atom. The number of nitrogens with zero attached hydrogens (tertiary/aromatic N) is 3. The molecule has 8 heteroatoms. The minimum absolute atomic E-state index is 0.117. The highest BCUT2D eigenvalue weighted by Gasteiger charge is 2.43. The van der Waals surface area contributed by atoms with Crippen molar-refractivity contribution in [3.05, 3.63) is 34.1 Å². The number of alkyl halides is 3. The molecule has 0 amide bonds. The van der Waals surface area contributed by atoms with Crippen LogP contribution < -0.4 is 0 Å².